The largest absolute Gasteiger partial charge is 0.496 e. The van der Waals surface area contributed by atoms with Crippen molar-refractivity contribution in [1.29, 1.82) is 0 Å². The quantitative estimate of drug-likeness (QED) is 0.373. The Bertz CT molecular complexity index is 857. The summed E-state index contributed by atoms with van der Waals surface area (Å²) in [5.41, 5.74) is 0.672. The highest BCUT2D eigenvalue weighted by molar-refractivity contribution is 7.89. The molecule has 2 amide bonds. The summed E-state index contributed by atoms with van der Waals surface area (Å²) in [6.07, 6.45) is -1.62. The molecule has 0 aliphatic carbocycles. The molecule has 168 valence electrons. The average molecular weight is 445 g/mol. The Morgan fingerprint density at radius 3 is 2.47 bits per heavy atom. The lowest BCUT2D eigenvalue weighted by atomic mass is 10.2. The Kier molecular flexibility index (Phi) is 8.55. The number of rotatable bonds is 9. The minimum Gasteiger partial charge on any atom is -0.496 e. The number of nitrogens with one attached hydrogen (secondary N) is 2. The normalized spacial score (nSPS) is 17.2. The van der Waals surface area contributed by atoms with Gasteiger partial charge in [0, 0.05) is 20.8 Å². The molecule has 1 heterocycles. The van der Waals surface area contributed by atoms with Gasteiger partial charge in [-0.1, -0.05) is 0 Å². The lowest BCUT2D eigenvalue weighted by molar-refractivity contribution is -0.142. The molecular weight excluding hydrogens is 418 g/mol. The number of hydrogen-bond acceptors (Lipinski definition) is 8. The van der Waals surface area contributed by atoms with Gasteiger partial charge in [0.05, 0.1) is 31.7 Å². The van der Waals surface area contributed by atoms with Gasteiger partial charge in [-0.05, 0) is 30.7 Å². The second kappa shape index (κ2) is 10.7. The van der Waals surface area contributed by atoms with Crippen LogP contribution in [0.2, 0.25) is 0 Å². The Hall–Kier alpha value is -2.25. The van der Waals surface area contributed by atoms with Gasteiger partial charge in [-0.3, -0.25) is 9.59 Å². The summed E-state index contributed by atoms with van der Waals surface area (Å²) >= 11 is 0. The highest BCUT2D eigenvalue weighted by atomic mass is 32.2. The van der Waals surface area contributed by atoms with Gasteiger partial charge < -0.3 is 29.6 Å². The van der Waals surface area contributed by atoms with E-state index in [9.17, 15) is 18.0 Å². The summed E-state index contributed by atoms with van der Waals surface area (Å²) in [7, 11) is 0.440. The summed E-state index contributed by atoms with van der Waals surface area (Å²) in [6.45, 7) is 1.84. The molecule has 30 heavy (non-hydrogen) atoms. The fourth-order valence-corrected chi connectivity index (χ4v) is 4.46. The van der Waals surface area contributed by atoms with Crippen molar-refractivity contribution < 1.29 is 37.0 Å². The third-order valence-electron chi connectivity index (χ3n) is 4.51. The summed E-state index contributed by atoms with van der Waals surface area (Å²) in [6, 6.07) is 4.54. The molecule has 1 aliphatic heterocycles. The van der Waals surface area contributed by atoms with Gasteiger partial charge in [0.1, 0.15) is 12.0 Å². The van der Waals surface area contributed by atoms with Crippen molar-refractivity contribution in [2.45, 2.75) is 24.3 Å². The Morgan fingerprint density at radius 2 is 1.87 bits per heavy atom. The molecule has 0 saturated carbocycles. The fourth-order valence-electron chi connectivity index (χ4n) is 2.87. The van der Waals surface area contributed by atoms with Crippen LogP contribution in [-0.4, -0.2) is 84.6 Å². The molecule has 0 spiro atoms. The number of amides is 2. The summed E-state index contributed by atoms with van der Waals surface area (Å²) < 4.78 is 47.6. The highest BCUT2D eigenvalue weighted by Gasteiger charge is 2.37. The molecule has 1 fully saturated rings. The Morgan fingerprint density at radius 1 is 1.20 bits per heavy atom. The SMILES string of the molecule is COc1ccc(S(=O)(=O)N2CCOC2CNC(=O)C(=O)NCC(OC)OC)cc1C. The van der Waals surface area contributed by atoms with E-state index < -0.39 is 34.4 Å². The van der Waals surface area contributed by atoms with Gasteiger partial charge >= 0.3 is 11.8 Å². The summed E-state index contributed by atoms with van der Waals surface area (Å²) in [5.74, 6) is -1.24. The predicted octanol–water partition coefficient (Wildman–Crippen LogP) is -0.798. The van der Waals surface area contributed by atoms with Gasteiger partial charge in [0.2, 0.25) is 10.0 Å². The minimum atomic E-state index is -3.86. The zero-order valence-electron chi connectivity index (χ0n) is 17.3. The molecule has 1 aliphatic rings. The van der Waals surface area contributed by atoms with E-state index in [2.05, 4.69) is 10.6 Å². The van der Waals surface area contributed by atoms with Crippen LogP contribution in [0.1, 0.15) is 5.56 Å². The number of methoxy groups -OCH3 is 3. The Labute approximate surface area is 175 Å². The minimum absolute atomic E-state index is 0.0174. The first-order valence-corrected chi connectivity index (χ1v) is 10.6. The van der Waals surface area contributed by atoms with Crippen LogP contribution >= 0.6 is 0 Å². The molecule has 12 heteroatoms. The van der Waals surface area contributed by atoms with Crippen molar-refractivity contribution in [1.82, 2.24) is 14.9 Å². The molecule has 0 radical (unpaired) electrons. The first-order valence-electron chi connectivity index (χ1n) is 9.14. The lowest BCUT2D eigenvalue weighted by Crippen LogP contribution is -2.48. The molecule has 2 N–H and O–H groups in total. The standard InChI is InChI=1S/C18H27N3O8S/c1-12-9-13(5-6-14(12)26-2)30(24,25)21-7-8-29-15(21)10-19-17(22)18(23)20-11-16(27-3)28-4/h5-6,9,15-16H,7-8,10-11H2,1-4H3,(H,19,22)(H,20,23). The predicted molar refractivity (Wildman–Crippen MR) is 105 cm³/mol. The maximum atomic E-state index is 13.0. The number of ether oxygens (including phenoxy) is 4. The molecular formula is C18H27N3O8S. The van der Waals surface area contributed by atoms with E-state index in [1.54, 1.807) is 13.0 Å². The van der Waals surface area contributed by atoms with Gasteiger partial charge in [0.15, 0.2) is 6.29 Å². The molecule has 0 bridgehead atoms. The third kappa shape index (κ3) is 5.67. The van der Waals surface area contributed by atoms with Crippen molar-refractivity contribution in [2.75, 3.05) is 47.6 Å². The van der Waals surface area contributed by atoms with Crippen molar-refractivity contribution >= 4 is 21.8 Å². The van der Waals surface area contributed by atoms with Crippen LogP contribution in [0.15, 0.2) is 23.1 Å². The maximum absolute atomic E-state index is 13.0. The van der Waals surface area contributed by atoms with E-state index in [-0.39, 0.29) is 31.1 Å². The van der Waals surface area contributed by atoms with Crippen LogP contribution < -0.4 is 15.4 Å². The number of nitrogens with zero attached hydrogens (tertiary/aromatic N) is 1. The van der Waals surface area contributed by atoms with Crippen LogP contribution in [-0.2, 0) is 33.8 Å². The molecule has 2 rings (SSSR count). The zero-order valence-corrected chi connectivity index (χ0v) is 18.2. The van der Waals surface area contributed by atoms with E-state index >= 15 is 0 Å². The lowest BCUT2D eigenvalue weighted by Gasteiger charge is -2.23. The van der Waals surface area contributed by atoms with Crippen molar-refractivity contribution in [3.63, 3.8) is 0 Å². The smallest absolute Gasteiger partial charge is 0.309 e. The van der Waals surface area contributed by atoms with E-state index in [1.807, 2.05) is 0 Å². The van der Waals surface area contributed by atoms with E-state index in [4.69, 9.17) is 18.9 Å². The second-order valence-electron chi connectivity index (χ2n) is 6.39. The molecule has 1 saturated heterocycles. The molecule has 11 nitrogen and oxygen atoms in total. The van der Waals surface area contributed by atoms with Crippen molar-refractivity contribution in [3.05, 3.63) is 23.8 Å². The van der Waals surface area contributed by atoms with E-state index in [0.717, 1.165) is 4.31 Å². The first kappa shape index (κ1) is 24.0. The number of benzene rings is 1. The second-order valence-corrected chi connectivity index (χ2v) is 8.28. The highest BCUT2D eigenvalue weighted by Crippen LogP contribution is 2.26. The summed E-state index contributed by atoms with van der Waals surface area (Å²) in [4.78, 5) is 23.9. The molecule has 1 aromatic rings. The van der Waals surface area contributed by atoms with Crippen molar-refractivity contribution in [3.8, 4) is 5.75 Å². The molecule has 1 aromatic carbocycles. The number of carbonyl (C=O) groups is 2. The number of carbonyl (C=O) groups excluding carboxylic acids is 2. The van der Waals surface area contributed by atoms with Gasteiger partial charge in [0.25, 0.3) is 0 Å². The number of hydrogen-bond donors (Lipinski definition) is 2. The van der Waals surface area contributed by atoms with Gasteiger partial charge in [-0.15, -0.1) is 0 Å². The topological polar surface area (TPSA) is 132 Å². The van der Waals surface area contributed by atoms with Crippen LogP contribution in [0.4, 0.5) is 0 Å². The number of aryl methyl sites for hydroxylation is 1. The first-order chi connectivity index (χ1) is 14.2. The zero-order chi connectivity index (χ0) is 22.3. The average Bonchev–Trinajstić information content (AvgIpc) is 3.22. The summed E-state index contributed by atoms with van der Waals surface area (Å²) in [5, 5.41) is 4.74. The van der Waals surface area contributed by atoms with Gasteiger partial charge in [-0.25, -0.2) is 8.42 Å². The van der Waals surface area contributed by atoms with Crippen LogP contribution in [0, 0.1) is 6.92 Å². The van der Waals surface area contributed by atoms with Crippen LogP contribution in [0.25, 0.3) is 0 Å². The Balaban J connectivity index is 1.99. The monoisotopic (exact) mass is 445 g/mol. The van der Waals surface area contributed by atoms with E-state index in [1.165, 1.54) is 33.5 Å². The van der Waals surface area contributed by atoms with E-state index in [0.29, 0.717) is 11.3 Å². The third-order valence-corrected chi connectivity index (χ3v) is 6.40. The number of sulfonamides is 1. The van der Waals surface area contributed by atoms with Gasteiger partial charge in [-0.2, -0.15) is 4.31 Å². The molecule has 1 atom stereocenters. The molecule has 1 unspecified atom stereocenters. The fraction of sp³-hybridized carbons (Fsp3) is 0.556. The van der Waals surface area contributed by atoms with Crippen molar-refractivity contribution in [2.24, 2.45) is 0 Å². The molecule has 0 aromatic heterocycles. The van der Waals surface area contributed by atoms with Crippen LogP contribution in [0.5, 0.6) is 5.75 Å². The van der Waals surface area contributed by atoms with Crippen LogP contribution in [0.3, 0.4) is 0 Å². The maximum Gasteiger partial charge on any atom is 0.309 e.